The highest BCUT2D eigenvalue weighted by atomic mass is 79.9. The molecule has 0 saturated heterocycles. The number of nitrogens with one attached hydrogen (secondary N) is 2. The van der Waals surface area contributed by atoms with Crippen LogP contribution in [0.15, 0.2) is 0 Å². The second kappa shape index (κ2) is 16.0. The minimum absolute atomic E-state index is 0.0956. The van der Waals surface area contributed by atoms with Crippen molar-refractivity contribution in [3.8, 4) is 0 Å². The fourth-order valence-corrected chi connectivity index (χ4v) is 2.31. The lowest BCUT2D eigenvalue weighted by molar-refractivity contribution is -0.118. The van der Waals surface area contributed by atoms with Crippen LogP contribution in [0.2, 0.25) is 0 Å². The number of halogens is 1. The van der Waals surface area contributed by atoms with Gasteiger partial charge >= 0.3 is 0 Å². The van der Waals surface area contributed by atoms with E-state index >= 15 is 0 Å². The summed E-state index contributed by atoms with van der Waals surface area (Å²) < 4.78 is 0. The molecule has 0 unspecified atom stereocenters. The lowest BCUT2D eigenvalue weighted by atomic mass is 10.1. The predicted octanol–water partition coefficient (Wildman–Crippen LogP) is 3.62. The third kappa shape index (κ3) is 15.9. The molecule has 0 rings (SSSR count). The summed E-state index contributed by atoms with van der Waals surface area (Å²) in [6.07, 6.45) is 13.2. The van der Waals surface area contributed by atoms with Gasteiger partial charge in [0.25, 0.3) is 0 Å². The molecule has 0 aliphatic heterocycles. The van der Waals surface area contributed by atoms with Gasteiger partial charge in [-0.15, -0.1) is 0 Å². The average molecular weight is 335 g/mol. The first kappa shape index (κ1) is 18.9. The van der Waals surface area contributed by atoms with E-state index in [2.05, 4.69) is 26.6 Å². The monoisotopic (exact) mass is 334 g/mol. The van der Waals surface area contributed by atoms with E-state index in [0.717, 1.165) is 19.5 Å². The van der Waals surface area contributed by atoms with Crippen LogP contribution in [0, 0.1) is 0 Å². The Morgan fingerprint density at radius 1 is 0.789 bits per heavy atom. The molecule has 0 aromatic heterocycles. The van der Waals surface area contributed by atoms with Gasteiger partial charge in [0.1, 0.15) is 0 Å². The van der Waals surface area contributed by atoms with Crippen LogP contribution >= 0.6 is 15.9 Å². The van der Waals surface area contributed by atoms with Crippen molar-refractivity contribution < 1.29 is 4.79 Å². The van der Waals surface area contributed by atoms with Gasteiger partial charge in [-0.05, 0) is 26.4 Å². The Bertz CT molecular complexity index is 201. The molecule has 0 radical (unpaired) electrons. The highest BCUT2D eigenvalue weighted by Gasteiger charge is 1.96. The zero-order valence-electron chi connectivity index (χ0n) is 12.5. The molecule has 0 bridgehead atoms. The van der Waals surface area contributed by atoms with Crippen molar-refractivity contribution >= 4 is 21.8 Å². The van der Waals surface area contributed by atoms with Crippen LogP contribution in [0.5, 0.6) is 0 Å². The van der Waals surface area contributed by atoms with Crippen LogP contribution in [0.1, 0.15) is 64.2 Å². The van der Waals surface area contributed by atoms with Gasteiger partial charge in [-0.25, -0.2) is 0 Å². The van der Waals surface area contributed by atoms with Crippen LogP contribution in [-0.2, 0) is 4.79 Å². The molecule has 0 heterocycles. The molecular formula is C15H31BrN2O. The Hall–Kier alpha value is -0.0900. The molecule has 0 spiro atoms. The minimum Gasteiger partial charge on any atom is -0.355 e. The smallest absolute Gasteiger partial charge is 0.230 e. The molecule has 0 aromatic rings. The van der Waals surface area contributed by atoms with E-state index < -0.39 is 0 Å². The predicted molar refractivity (Wildman–Crippen MR) is 86.9 cm³/mol. The van der Waals surface area contributed by atoms with Crippen LogP contribution in [0.3, 0.4) is 0 Å². The Balaban J connectivity index is 2.97. The van der Waals surface area contributed by atoms with E-state index in [9.17, 15) is 4.79 Å². The maximum absolute atomic E-state index is 11.0. The molecule has 19 heavy (non-hydrogen) atoms. The summed E-state index contributed by atoms with van der Waals surface area (Å²) in [6, 6.07) is 0. The van der Waals surface area contributed by atoms with Crippen molar-refractivity contribution in [2.24, 2.45) is 0 Å². The largest absolute Gasteiger partial charge is 0.355 e. The lowest BCUT2D eigenvalue weighted by Gasteiger charge is -2.04. The minimum atomic E-state index is 0.0956. The Morgan fingerprint density at radius 3 is 1.63 bits per heavy atom. The Labute approximate surface area is 127 Å². The van der Waals surface area contributed by atoms with Gasteiger partial charge in [0.2, 0.25) is 5.91 Å². The zero-order valence-corrected chi connectivity index (χ0v) is 14.1. The van der Waals surface area contributed by atoms with Gasteiger partial charge in [0.05, 0.1) is 5.33 Å². The standard InChI is InChI=1S/C15H31BrN2O/c1-17-12-10-8-6-4-2-3-5-7-9-11-13-18-15(19)14-16/h17H,2-14H2,1H3,(H,18,19). The second-order valence-corrected chi connectivity index (χ2v) is 5.68. The second-order valence-electron chi connectivity index (χ2n) is 5.12. The van der Waals surface area contributed by atoms with Crippen molar-refractivity contribution in [3.05, 3.63) is 0 Å². The first-order valence-corrected chi connectivity index (χ1v) is 8.90. The number of alkyl halides is 1. The van der Waals surface area contributed by atoms with E-state index in [1.165, 1.54) is 57.8 Å². The lowest BCUT2D eigenvalue weighted by Crippen LogP contribution is -2.25. The molecule has 1 amide bonds. The summed E-state index contributed by atoms with van der Waals surface area (Å²) in [5, 5.41) is 6.48. The van der Waals surface area contributed by atoms with E-state index in [1.54, 1.807) is 0 Å². The Kier molecular flexibility index (Phi) is 15.9. The summed E-state index contributed by atoms with van der Waals surface area (Å²) in [7, 11) is 2.02. The summed E-state index contributed by atoms with van der Waals surface area (Å²) in [5.41, 5.74) is 0. The van der Waals surface area contributed by atoms with Crippen molar-refractivity contribution in [2.45, 2.75) is 64.2 Å². The van der Waals surface area contributed by atoms with Gasteiger partial charge in [0.15, 0.2) is 0 Å². The number of amides is 1. The number of carbonyl (C=O) groups excluding carboxylic acids is 1. The van der Waals surface area contributed by atoms with Crippen molar-refractivity contribution in [2.75, 3.05) is 25.5 Å². The molecule has 3 nitrogen and oxygen atoms in total. The SMILES string of the molecule is CNCCCCCCCCCCCCNC(=O)CBr. The molecule has 0 aliphatic rings. The molecule has 0 fully saturated rings. The van der Waals surface area contributed by atoms with Crippen molar-refractivity contribution in [3.63, 3.8) is 0 Å². The first-order valence-electron chi connectivity index (χ1n) is 7.78. The Morgan fingerprint density at radius 2 is 1.21 bits per heavy atom. The van der Waals surface area contributed by atoms with Crippen LogP contribution in [0.25, 0.3) is 0 Å². The van der Waals surface area contributed by atoms with Gasteiger partial charge in [-0.2, -0.15) is 0 Å². The highest BCUT2D eigenvalue weighted by Crippen LogP contribution is 2.10. The van der Waals surface area contributed by atoms with Gasteiger partial charge in [-0.1, -0.05) is 67.3 Å². The maximum atomic E-state index is 11.0. The van der Waals surface area contributed by atoms with Gasteiger partial charge in [-0.3, -0.25) is 4.79 Å². The highest BCUT2D eigenvalue weighted by molar-refractivity contribution is 9.09. The van der Waals surface area contributed by atoms with Crippen LogP contribution in [0.4, 0.5) is 0 Å². The number of carbonyl (C=O) groups is 1. The number of hydrogen-bond donors (Lipinski definition) is 2. The van der Waals surface area contributed by atoms with Crippen molar-refractivity contribution in [1.82, 2.24) is 10.6 Å². The van der Waals surface area contributed by atoms with Crippen LogP contribution in [-0.4, -0.2) is 31.4 Å². The molecule has 0 aliphatic carbocycles. The summed E-state index contributed by atoms with van der Waals surface area (Å²) in [4.78, 5) is 11.0. The van der Waals surface area contributed by atoms with Crippen molar-refractivity contribution in [1.29, 1.82) is 0 Å². The fourth-order valence-electron chi connectivity index (χ4n) is 2.12. The molecule has 4 heteroatoms. The molecular weight excluding hydrogens is 304 g/mol. The molecule has 2 N–H and O–H groups in total. The third-order valence-electron chi connectivity index (χ3n) is 3.30. The van der Waals surface area contributed by atoms with E-state index in [4.69, 9.17) is 0 Å². The number of rotatable bonds is 14. The topological polar surface area (TPSA) is 41.1 Å². The normalized spacial score (nSPS) is 10.6. The number of hydrogen-bond acceptors (Lipinski definition) is 2. The maximum Gasteiger partial charge on any atom is 0.230 e. The molecule has 114 valence electrons. The van der Waals surface area contributed by atoms with E-state index in [1.807, 2.05) is 7.05 Å². The summed E-state index contributed by atoms with van der Waals surface area (Å²) in [5.74, 6) is 0.0956. The fraction of sp³-hybridized carbons (Fsp3) is 0.933. The van der Waals surface area contributed by atoms with E-state index in [-0.39, 0.29) is 5.91 Å². The molecule has 0 atom stereocenters. The summed E-state index contributed by atoms with van der Waals surface area (Å²) >= 11 is 3.14. The first-order chi connectivity index (χ1) is 9.31. The van der Waals surface area contributed by atoms with Crippen LogP contribution < -0.4 is 10.6 Å². The molecule has 0 saturated carbocycles. The summed E-state index contributed by atoms with van der Waals surface area (Å²) in [6.45, 7) is 1.99. The average Bonchev–Trinajstić information content (AvgIpc) is 2.43. The van der Waals surface area contributed by atoms with Gasteiger partial charge in [0, 0.05) is 6.54 Å². The quantitative estimate of drug-likeness (QED) is 0.376. The third-order valence-corrected chi connectivity index (χ3v) is 3.81. The number of unbranched alkanes of at least 4 members (excludes halogenated alkanes) is 9. The van der Waals surface area contributed by atoms with Gasteiger partial charge < -0.3 is 10.6 Å². The zero-order chi connectivity index (χ0) is 14.2. The van der Waals surface area contributed by atoms with E-state index in [0.29, 0.717) is 5.33 Å². The molecule has 0 aromatic carbocycles.